The first-order valence-electron chi connectivity index (χ1n) is 5.07. The summed E-state index contributed by atoms with van der Waals surface area (Å²) in [6.45, 7) is 2.10. The molecule has 0 aromatic heterocycles. The topological polar surface area (TPSA) is 29.6 Å². The van der Waals surface area contributed by atoms with Gasteiger partial charge in [-0.3, -0.25) is 4.79 Å². The van der Waals surface area contributed by atoms with E-state index in [-0.39, 0.29) is 18.0 Å². The molecule has 2 heteroatoms. The van der Waals surface area contributed by atoms with Crippen LogP contribution in [0.5, 0.6) is 0 Å². The molecule has 2 unspecified atom stereocenters. The van der Waals surface area contributed by atoms with Crippen LogP contribution in [-0.4, -0.2) is 18.0 Å². The first kappa shape index (κ1) is 9.41. The molecule has 1 aliphatic heterocycles. The highest BCUT2D eigenvalue weighted by atomic mass is 16.6. The zero-order valence-corrected chi connectivity index (χ0v) is 8.27. The van der Waals surface area contributed by atoms with E-state index in [0.717, 1.165) is 18.4 Å². The number of hydrogen-bond acceptors (Lipinski definition) is 2. The standard InChI is InChI=1S/C12H14O2/c1-2-6-10-12(14-10)11(13)9-7-4-3-5-8-9/h3-5,7-8,10,12H,2,6H2,1H3. The lowest BCUT2D eigenvalue weighted by Gasteiger charge is -1.95. The number of carbonyl (C=O) groups is 1. The van der Waals surface area contributed by atoms with Gasteiger partial charge in [0, 0.05) is 5.56 Å². The number of Topliss-reactive ketones (excluding diaryl/α,β-unsaturated/α-hetero) is 1. The fraction of sp³-hybridized carbons (Fsp3) is 0.417. The second kappa shape index (κ2) is 3.93. The third kappa shape index (κ3) is 1.85. The summed E-state index contributed by atoms with van der Waals surface area (Å²) >= 11 is 0. The summed E-state index contributed by atoms with van der Waals surface area (Å²) in [6.07, 6.45) is 2.07. The minimum atomic E-state index is -0.169. The zero-order valence-electron chi connectivity index (χ0n) is 8.27. The van der Waals surface area contributed by atoms with Crippen LogP contribution in [0.15, 0.2) is 30.3 Å². The van der Waals surface area contributed by atoms with Gasteiger partial charge >= 0.3 is 0 Å². The lowest BCUT2D eigenvalue weighted by molar-refractivity contribution is 0.0953. The SMILES string of the molecule is CCCC1OC1C(=O)c1ccccc1. The fourth-order valence-corrected chi connectivity index (χ4v) is 1.64. The van der Waals surface area contributed by atoms with Gasteiger partial charge in [-0.05, 0) is 6.42 Å². The summed E-state index contributed by atoms with van der Waals surface area (Å²) in [6, 6.07) is 9.35. The quantitative estimate of drug-likeness (QED) is 0.539. The molecule has 1 aromatic carbocycles. The van der Waals surface area contributed by atoms with Gasteiger partial charge in [0.1, 0.15) is 6.10 Å². The average molecular weight is 190 g/mol. The molecule has 0 amide bonds. The summed E-state index contributed by atoms with van der Waals surface area (Å²) in [7, 11) is 0. The van der Waals surface area contributed by atoms with E-state index in [1.165, 1.54) is 0 Å². The predicted octanol–water partition coefficient (Wildman–Crippen LogP) is 2.44. The first-order chi connectivity index (χ1) is 6.83. The molecule has 1 aliphatic rings. The Morgan fingerprint density at radius 3 is 2.71 bits per heavy atom. The Morgan fingerprint density at radius 1 is 1.36 bits per heavy atom. The molecule has 1 saturated heterocycles. The van der Waals surface area contributed by atoms with Gasteiger partial charge < -0.3 is 4.74 Å². The molecule has 0 saturated carbocycles. The summed E-state index contributed by atoms with van der Waals surface area (Å²) in [5.41, 5.74) is 0.760. The molecule has 1 aromatic rings. The maximum Gasteiger partial charge on any atom is 0.194 e. The molecule has 2 nitrogen and oxygen atoms in total. The van der Waals surface area contributed by atoms with Crippen LogP contribution in [0.25, 0.3) is 0 Å². The van der Waals surface area contributed by atoms with Crippen LogP contribution in [0, 0.1) is 0 Å². The molecule has 2 rings (SSSR count). The highest BCUT2D eigenvalue weighted by Gasteiger charge is 2.43. The van der Waals surface area contributed by atoms with Crippen molar-refractivity contribution in [2.75, 3.05) is 0 Å². The Kier molecular flexibility index (Phi) is 2.64. The molecule has 0 bridgehead atoms. The molecule has 1 heterocycles. The van der Waals surface area contributed by atoms with Crippen molar-refractivity contribution in [1.82, 2.24) is 0 Å². The summed E-state index contributed by atoms with van der Waals surface area (Å²) in [5.74, 6) is 0.129. The summed E-state index contributed by atoms with van der Waals surface area (Å²) in [5, 5.41) is 0. The molecule has 0 N–H and O–H groups in total. The predicted molar refractivity (Wildman–Crippen MR) is 54.3 cm³/mol. The molecule has 0 radical (unpaired) electrons. The van der Waals surface area contributed by atoms with Crippen LogP contribution in [0.4, 0.5) is 0 Å². The molecular weight excluding hydrogens is 176 g/mol. The monoisotopic (exact) mass is 190 g/mol. The Labute approximate surface area is 83.9 Å². The van der Waals surface area contributed by atoms with Crippen molar-refractivity contribution in [3.63, 3.8) is 0 Å². The highest BCUT2D eigenvalue weighted by Crippen LogP contribution is 2.29. The van der Waals surface area contributed by atoms with Crippen LogP contribution in [0.1, 0.15) is 30.1 Å². The second-order valence-electron chi connectivity index (χ2n) is 3.61. The van der Waals surface area contributed by atoms with Crippen LogP contribution < -0.4 is 0 Å². The van der Waals surface area contributed by atoms with Gasteiger partial charge in [-0.1, -0.05) is 43.7 Å². The van der Waals surface area contributed by atoms with E-state index in [1.807, 2.05) is 30.3 Å². The number of rotatable bonds is 4. The minimum absolute atomic E-state index is 0.129. The van der Waals surface area contributed by atoms with Gasteiger partial charge in [-0.15, -0.1) is 0 Å². The van der Waals surface area contributed by atoms with Crippen molar-refractivity contribution >= 4 is 5.78 Å². The van der Waals surface area contributed by atoms with Crippen LogP contribution in [0.2, 0.25) is 0 Å². The van der Waals surface area contributed by atoms with Crippen LogP contribution >= 0.6 is 0 Å². The van der Waals surface area contributed by atoms with Crippen molar-refractivity contribution < 1.29 is 9.53 Å². The highest BCUT2D eigenvalue weighted by molar-refractivity contribution is 6.01. The molecule has 74 valence electrons. The minimum Gasteiger partial charge on any atom is -0.361 e. The van der Waals surface area contributed by atoms with E-state index >= 15 is 0 Å². The van der Waals surface area contributed by atoms with Crippen molar-refractivity contribution in [2.24, 2.45) is 0 Å². The van der Waals surface area contributed by atoms with Crippen LogP contribution in [0.3, 0.4) is 0 Å². The molecule has 0 aliphatic carbocycles. The van der Waals surface area contributed by atoms with Gasteiger partial charge in [0.05, 0.1) is 6.10 Å². The maximum atomic E-state index is 11.8. The zero-order chi connectivity index (χ0) is 9.97. The fourth-order valence-electron chi connectivity index (χ4n) is 1.64. The molecule has 1 fully saturated rings. The summed E-state index contributed by atoms with van der Waals surface area (Å²) < 4.78 is 5.32. The molecule has 14 heavy (non-hydrogen) atoms. The lowest BCUT2D eigenvalue weighted by Crippen LogP contribution is -2.09. The van der Waals surface area contributed by atoms with Crippen molar-refractivity contribution in [2.45, 2.75) is 32.0 Å². The normalized spacial score (nSPS) is 24.6. The maximum absolute atomic E-state index is 11.8. The van der Waals surface area contributed by atoms with Gasteiger partial charge in [-0.25, -0.2) is 0 Å². The Bertz CT molecular complexity index is 318. The second-order valence-corrected chi connectivity index (χ2v) is 3.61. The van der Waals surface area contributed by atoms with Crippen LogP contribution in [-0.2, 0) is 4.74 Å². The van der Waals surface area contributed by atoms with E-state index in [2.05, 4.69) is 6.92 Å². The summed E-state index contributed by atoms with van der Waals surface area (Å²) in [4.78, 5) is 11.8. The van der Waals surface area contributed by atoms with E-state index < -0.39 is 0 Å². The lowest BCUT2D eigenvalue weighted by atomic mass is 10.1. The van der Waals surface area contributed by atoms with Gasteiger partial charge in [0.2, 0.25) is 0 Å². The smallest absolute Gasteiger partial charge is 0.194 e. The number of benzene rings is 1. The number of ether oxygens (including phenoxy) is 1. The molecule has 0 spiro atoms. The van der Waals surface area contributed by atoms with Gasteiger partial charge in [0.15, 0.2) is 5.78 Å². The number of ketones is 1. The Balaban J connectivity index is 1.98. The number of carbonyl (C=O) groups excluding carboxylic acids is 1. The largest absolute Gasteiger partial charge is 0.361 e. The number of epoxide rings is 1. The number of hydrogen-bond donors (Lipinski definition) is 0. The van der Waals surface area contributed by atoms with E-state index in [1.54, 1.807) is 0 Å². The Hall–Kier alpha value is -1.15. The first-order valence-corrected chi connectivity index (χ1v) is 5.07. The van der Waals surface area contributed by atoms with E-state index in [4.69, 9.17) is 4.74 Å². The van der Waals surface area contributed by atoms with E-state index in [9.17, 15) is 4.79 Å². The third-order valence-electron chi connectivity index (χ3n) is 2.47. The third-order valence-corrected chi connectivity index (χ3v) is 2.47. The van der Waals surface area contributed by atoms with E-state index in [0.29, 0.717) is 0 Å². The van der Waals surface area contributed by atoms with Gasteiger partial charge in [-0.2, -0.15) is 0 Å². The Morgan fingerprint density at radius 2 is 2.07 bits per heavy atom. The average Bonchev–Trinajstić information content (AvgIpc) is 2.98. The molecular formula is C12H14O2. The van der Waals surface area contributed by atoms with Gasteiger partial charge in [0.25, 0.3) is 0 Å². The van der Waals surface area contributed by atoms with Crippen molar-refractivity contribution in [3.05, 3.63) is 35.9 Å². The molecule has 2 atom stereocenters. The van der Waals surface area contributed by atoms with Crippen molar-refractivity contribution in [1.29, 1.82) is 0 Å². The van der Waals surface area contributed by atoms with Crippen molar-refractivity contribution in [3.8, 4) is 0 Å².